The van der Waals surface area contributed by atoms with Gasteiger partial charge in [-0.3, -0.25) is 0 Å². The summed E-state index contributed by atoms with van der Waals surface area (Å²) in [4.78, 5) is 11.0. The summed E-state index contributed by atoms with van der Waals surface area (Å²) < 4.78 is 4.84. The second-order valence-electron chi connectivity index (χ2n) is 2.43. The van der Waals surface area contributed by atoms with Crippen molar-refractivity contribution in [1.29, 1.82) is 0 Å². The fourth-order valence-electron chi connectivity index (χ4n) is 1.17. The summed E-state index contributed by atoms with van der Waals surface area (Å²) in [6.07, 6.45) is 0.772. The highest BCUT2D eigenvalue weighted by Gasteiger charge is 2.26. The van der Waals surface area contributed by atoms with Crippen LogP contribution in [0.25, 0.3) is 5.57 Å². The van der Waals surface area contributed by atoms with E-state index < -0.39 is 5.97 Å². The van der Waals surface area contributed by atoms with Crippen LogP contribution in [0.1, 0.15) is 5.56 Å². The highest BCUT2D eigenvalue weighted by Crippen LogP contribution is 2.32. The number of esters is 1. The maximum absolute atomic E-state index is 11.0. The first kappa shape index (κ1) is 6.91. The Morgan fingerprint density at radius 1 is 1.33 bits per heavy atom. The Bertz CT molecular complexity index is 366. The summed E-state index contributed by atoms with van der Waals surface area (Å²) in [5.41, 5.74) is 0.857. The summed E-state index contributed by atoms with van der Waals surface area (Å²) >= 11 is 0. The molecule has 1 aromatic rings. The third kappa shape index (κ3) is 0.797. The number of para-hydroxylation sites is 1. The number of ether oxygens (including phenoxy) is 1. The van der Waals surface area contributed by atoms with E-state index in [9.17, 15) is 4.79 Å². The van der Waals surface area contributed by atoms with Crippen molar-refractivity contribution in [2.45, 2.75) is 0 Å². The van der Waals surface area contributed by atoms with Crippen LogP contribution < -0.4 is 4.74 Å². The highest BCUT2D eigenvalue weighted by atomic mass is 16.5. The zero-order valence-corrected chi connectivity index (χ0v) is 6.15. The number of carbonyl (C=O) groups is 1. The molecular formula is C9H6O3. The molecule has 0 radical (unpaired) electrons. The van der Waals surface area contributed by atoms with Crippen LogP contribution in [0.2, 0.25) is 0 Å². The minimum Gasteiger partial charge on any atom is -0.515 e. The first-order valence-corrected chi connectivity index (χ1v) is 3.49. The third-order valence-corrected chi connectivity index (χ3v) is 1.73. The zero-order valence-electron chi connectivity index (χ0n) is 6.15. The van der Waals surface area contributed by atoms with E-state index in [0.717, 1.165) is 6.26 Å². The van der Waals surface area contributed by atoms with Gasteiger partial charge in [0.05, 0.1) is 6.26 Å². The van der Waals surface area contributed by atoms with Crippen LogP contribution in [0.3, 0.4) is 0 Å². The number of carbonyl (C=O) groups excluding carboxylic acids is 1. The number of fused-ring (bicyclic) bond motifs is 1. The first-order valence-electron chi connectivity index (χ1n) is 3.49. The zero-order chi connectivity index (χ0) is 8.55. The second kappa shape index (κ2) is 2.37. The van der Waals surface area contributed by atoms with Crippen molar-refractivity contribution in [3.8, 4) is 5.75 Å². The van der Waals surface area contributed by atoms with E-state index >= 15 is 0 Å². The number of aliphatic hydroxyl groups is 1. The summed E-state index contributed by atoms with van der Waals surface area (Å²) in [5.74, 6) is 0.00139. The molecular weight excluding hydrogens is 156 g/mol. The molecule has 1 aromatic carbocycles. The quantitative estimate of drug-likeness (QED) is 0.272. The molecule has 0 saturated carbocycles. The van der Waals surface area contributed by atoms with Gasteiger partial charge in [-0.2, -0.15) is 0 Å². The number of benzene rings is 1. The molecule has 3 nitrogen and oxygen atoms in total. The van der Waals surface area contributed by atoms with Crippen LogP contribution in [0, 0.1) is 0 Å². The van der Waals surface area contributed by atoms with Crippen molar-refractivity contribution in [2.75, 3.05) is 0 Å². The number of hydrogen-bond donors (Lipinski definition) is 1. The van der Waals surface area contributed by atoms with Gasteiger partial charge in [0, 0.05) is 5.56 Å². The maximum atomic E-state index is 11.0. The molecule has 0 amide bonds. The van der Waals surface area contributed by atoms with Gasteiger partial charge in [-0.15, -0.1) is 0 Å². The standard InChI is InChI=1S/C9H6O3/c10-5-7-6-3-1-2-4-8(6)12-9(7)11/h1-5,10H/b7-5-. The summed E-state index contributed by atoms with van der Waals surface area (Å²) in [6.45, 7) is 0. The third-order valence-electron chi connectivity index (χ3n) is 1.73. The van der Waals surface area contributed by atoms with Crippen LogP contribution in [-0.2, 0) is 4.79 Å². The summed E-state index contributed by atoms with van der Waals surface area (Å²) in [6, 6.07) is 6.96. The Balaban J connectivity index is 2.62. The Hall–Kier alpha value is -1.77. The van der Waals surface area contributed by atoms with Crippen molar-refractivity contribution in [2.24, 2.45) is 0 Å². The Morgan fingerprint density at radius 3 is 2.83 bits per heavy atom. The van der Waals surface area contributed by atoms with Gasteiger partial charge in [0.15, 0.2) is 0 Å². The minimum absolute atomic E-state index is 0.214. The van der Waals surface area contributed by atoms with Gasteiger partial charge in [0.2, 0.25) is 0 Å². The van der Waals surface area contributed by atoms with E-state index in [1.165, 1.54) is 0 Å². The normalized spacial score (nSPS) is 17.7. The van der Waals surface area contributed by atoms with Gasteiger partial charge in [-0.1, -0.05) is 18.2 Å². The molecule has 0 unspecified atom stereocenters. The first-order chi connectivity index (χ1) is 5.83. The van der Waals surface area contributed by atoms with Crippen molar-refractivity contribution in [3.05, 3.63) is 36.1 Å². The van der Waals surface area contributed by atoms with Crippen molar-refractivity contribution in [1.82, 2.24) is 0 Å². The SMILES string of the molecule is O=C1Oc2ccccc2/C1=C/O. The molecule has 0 atom stereocenters. The molecule has 12 heavy (non-hydrogen) atoms. The van der Waals surface area contributed by atoms with Crippen molar-refractivity contribution in [3.63, 3.8) is 0 Å². The Kier molecular flexibility index (Phi) is 1.37. The van der Waals surface area contributed by atoms with Crippen LogP contribution in [0.15, 0.2) is 30.5 Å². The van der Waals surface area contributed by atoms with Gasteiger partial charge < -0.3 is 9.84 Å². The highest BCUT2D eigenvalue weighted by molar-refractivity contribution is 6.21. The van der Waals surface area contributed by atoms with Gasteiger partial charge in [0.25, 0.3) is 0 Å². The molecule has 0 bridgehead atoms. The van der Waals surface area contributed by atoms with Crippen LogP contribution in [-0.4, -0.2) is 11.1 Å². The van der Waals surface area contributed by atoms with E-state index in [4.69, 9.17) is 9.84 Å². The topological polar surface area (TPSA) is 46.5 Å². The van der Waals surface area contributed by atoms with Crippen LogP contribution in [0.5, 0.6) is 5.75 Å². The molecule has 2 rings (SSSR count). The monoisotopic (exact) mass is 162 g/mol. The van der Waals surface area contributed by atoms with E-state index in [2.05, 4.69) is 0 Å². The molecule has 1 aliphatic rings. The molecule has 1 heterocycles. The Morgan fingerprint density at radius 2 is 2.08 bits per heavy atom. The summed E-state index contributed by atoms with van der Waals surface area (Å²) in [7, 11) is 0. The van der Waals surface area contributed by atoms with Gasteiger partial charge in [-0.05, 0) is 6.07 Å². The van der Waals surface area contributed by atoms with Gasteiger partial charge in [0.1, 0.15) is 11.3 Å². The fraction of sp³-hybridized carbons (Fsp3) is 0. The fourth-order valence-corrected chi connectivity index (χ4v) is 1.17. The van der Waals surface area contributed by atoms with E-state index in [0.29, 0.717) is 11.3 Å². The number of aliphatic hydroxyl groups excluding tert-OH is 1. The smallest absolute Gasteiger partial charge is 0.347 e. The number of hydrogen-bond acceptors (Lipinski definition) is 3. The lowest BCUT2D eigenvalue weighted by Crippen LogP contribution is -2.00. The lowest BCUT2D eigenvalue weighted by molar-refractivity contribution is -0.127. The maximum Gasteiger partial charge on any atom is 0.347 e. The van der Waals surface area contributed by atoms with Crippen LogP contribution in [0.4, 0.5) is 0 Å². The van der Waals surface area contributed by atoms with E-state index in [1.807, 2.05) is 0 Å². The molecule has 60 valence electrons. The van der Waals surface area contributed by atoms with Crippen molar-refractivity contribution < 1.29 is 14.6 Å². The lowest BCUT2D eigenvalue weighted by Gasteiger charge is -1.91. The average molecular weight is 162 g/mol. The molecule has 0 saturated heterocycles. The molecule has 0 aromatic heterocycles. The second-order valence-corrected chi connectivity index (χ2v) is 2.43. The molecule has 3 heteroatoms. The summed E-state index contributed by atoms with van der Waals surface area (Å²) in [5, 5.41) is 8.72. The largest absolute Gasteiger partial charge is 0.515 e. The van der Waals surface area contributed by atoms with Crippen LogP contribution >= 0.6 is 0 Å². The average Bonchev–Trinajstić information content (AvgIpc) is 2.40. The molecule has 0 aliphatic carbocycles. The van der Waals surface area contributed by atoms with Gasteiger partial charge in [-0.25, -0.2) is 4.79 Å². The van der Waals surface area contributed by atoms with E-state index in [-0.39, 0.29) is 5.57 Å². The molecule has 0 spiro atoms. The van der Waals surface area contributed by atoms with Crippen molar-refractivity contribution >= 4 is 11.5 Å². The number of rotatable bonds is 0. The minimum atomic E-state index is -0.501. The van der Waals surface area contributed by atoms with E-state index in [1.54, 1.807) is 24.3 Å². The predicted molar refractivity (Wildman–Crippen MR) is 42.7 cm³/mol. The Labute approximate surface area is 68.9 Å². The molecule has 1 aliphatic heterocycles. The molecule has 1 N–H and O–H groups in total. The molecule has 0 fully saturated rings. The predicted octanol–water partition coefficient (Wildman–Crippen LogP) is 1.50. The lowest BCUT2D eigenvalue weighted by atomic mass is 10.1. The van der Waals surface area contributed by atoms with Gasteiger partial charge >= 0.3 is 5.97 Å².